The van der Waals surface area contributed by atoms with Crippen LogP contribution in [-0.4, -0.2) is 10.8 Å². The predicted molar refractivity (Wildman–Crippen MR) is 69.4 cm³/mol. The lowest BCUT2D eigenvalue weighted by Crippen LogP contribution is -2.22. The van der Waals surface area contributed by atoms with Crippen LogP contribution in [0.3, 0.4) is 0 Å². The van der Waals surface area contributed by atoms with Crippen molar-refractivity contribution in [2.24, 2.45) is 10.7 Å². The fourth-order valence-corrected chi connectivity index (χ4v) is 1.37. The number of nitrogen functional groups attached to an aromatic ring is 1. The molecule has 0 spiro atoms. The van der Waals surface area contributed by atoms with Crippen LogP contribution in [0.1, 0.15) is 33.3 Å². The number of nitrogens with zero attached hydrogens (tertiary/aromatic N) is 2. The normalized spacial score (nSPS) is 13.6. The molecule has 1 aromatic rings. The van der Waals surface area contributed by atoms with Gasteiger partial charge in [0, 0.05) is 23.5 Å². The summed E-state index contributed by atoms with van der Waals surface area (Å²) < 4.78 is 2.01. The summed E-state index contributed by atoms with van der Waals surface area (Å²) in [5, 5.41) is 0. The number of aromatic nitrogens is 1. The number of hydrogen-bond acceptors (Lipinski definition) is 3. The molecule has 88 valence electrons. The lowest BCUT2D eigenvalue weighted by molar-refractivity contribution is 0.404. The Labute approximate surface area is 96.7 Å². The van der Waals surface area contributed by atoms with Gasteiger partial charge in [0.05, 0.1) is 0 Å². The van der Waals surface area contributed by atoms with Gasteiger partial charge in [0.1, 0.15) is 11.6 Å². The zero-order valence-corrected chi connectivity index (χ0v) is 10.4. The molecule has 0 amide bonds. The van der Waals surface area contributed by atoms with Crippen LogP contribution in [0.15, 0.2) is 29.2 Å². The second-order valence-electron chi connectivity index (χ2n) is 4.67. The van der Waals surface area contributed by atoms with Crippen LogP contribution in [-0.2, 0) is 5.54 Å². The Morgan fingerprint density at radius 3 is 2.50 bits per heavy atom. The maximum absolute atomic E-state index is 6.03. The van der Waals surface area contributed by atoms with Gasteiger partial charge in [-0.1, -0.05) is 0 Å². The van der Waals surface area contributed by atoms with Gasteiger partial charge in [-0.25, -0.2) is 4.99 Å². The van der Waals surface area contributed by atoms with E-state index in [-0.39, 0.29) is 5.54 Å². The van der Waals surface area contributed by atoms with E-state index in [0.717, 1.165) is 5.56 Å². The third-order valence-corrected chi connectivity index (χ3v) is 2.33. The fraction of sp³-hybridized carbons (Fsp3) is 0.417. The minimum atomic E-state index is -0.0255. The second-order valence-corrected chi connectivity index (χ2v) is 4.67. The van der Waals surface area contributed by atoms with Crippen molar-refractivity contribution in [2.75, 3.05) is 5.73 Å². The molecule has 4 N–H and O–H groups in total. The van der Waals surface area contributed by atoms with Gasteiger partial charge in [-0.15, -0.1) is 0 Å². The van der Waals surface area contributed by atoms with Crippen LogP contribution in [0.5, 0.6) is 0 Å². The molecule has 0 bridgehead atoms. The Hall–Kier alpha value is -1.71. The SMILES string of the molecule is C/C=C(N)\N=C/c1ccn(C(C)(C)C)c1N. The standard InChI is InChI=1S/C12H20N4/c1-5-10(13)15-8-9-6-7-16(11(9)14)12(2,3)4/h5-8H,13-14H2,1-4H3/b10-5-,15-8-. The Morgan fingerprint density at radius 2 is 2.06 bits per heavy atom. The molecule has 16 heavy (non-hydrogen) atoms. The third kappa shape index (κ3) is 2.66. The molecule has 1 rings (SSSR count). The smallest absolute Gasteiger partial charge is 0.118 e. The summed E-state index contributed by atoms with van der Waals surface area (Å²) in [5.74, 6) is 1.20. The minimum Gasteiger partial charge on any atom is -0.385 e. The summed E-state index contributed by atoms with van der Waals surface area (Å²) in [6.45, 7) is 8.15. The highest BCUT2D eigenvalue weighted by Crippen LogP contribution is 2.22. The van der Waals surface area contributed by atoms with Crippen LogP contribution in [0, 0.1) is 0 Å². The monoisotopic (exact) mass is 220 g/mol. The number of anilines is 1. The van der Waals surface area contributed by atoms with Gasteiger partial charge < -0.3 is 16.0 Å². The molecule has 0 unspecified atom stereocenters. The lowest BCUT2D eigenvalue weighted by Gasteiger charge is -2.23. The van der Waals surface area contributed by atoms with Crippen molar-refractivity contribution in [1.82, 2.24) is 4.57 Å². The average Bonchev–Trinajstić information content (AvgIpc) is 2.55. The Balaban J connectivity index is 3.02. The van der Waals surface area contributed by atoms with Gasteiger partial charge >= 0.3 is 0 Å². The molecule has 4 heteroatoms. The summed E-state index contributed by atoms with van der Waals surface area (Å²) in [7, 11) is 0. The molecule has 0 aliphatic rings. The van der Waals surface area contributed by atoms with E-state index >= 15 is 0 Å². The van der Waals surface area contributed by atoms with E-state index in [9.17, 15) is 0 Å². The van der Waals surface area contributed by atoms with E-state index in [2.05, 4.69) is 25.8 Å². The summed E-state index contributed by atoms with van der Waals surface area (Å²) in [4.78, 5) is 4.09. The highest BCUT2D eigenvalue weighted by molar-refractivity contribution is 5.86. The predicted octanol–water partition coefficient (Wildman–Crippen LogP) is 2.06. The maximum Gasteiger partial charge on any atom is 0.118 e. The van der Waals surface area contributed by atoms with E-state index in [0.29, 0.717) is 11.6 Å². The van der Waals surface area contributed by atoms with Gasteiger partial charge in [-0.05, 0) is 39.8 Å². The molecule has 4 nitrogen and oxygen atoms in total. The first-order valence-corrected chi connectivity index (χ1v) is 5.29. The van der Waals surface area contributed by atoms with Gasteiger partial charge in [0.25, 0.3) is 0 Å². The lowest BCUT2D eigenvalue weighted by atomic mass is 10.1. The van der Waals surface area contributed by atoms with Crippen molar-refractivity contribution in [3.05, 3.63) is 29.7 Å². The van der Waals surface area contributed by atoms with Crippen molar-refractivity contribution in [1.29, 1.82) is 0 Å². The van der Waals surface area contributed by atoms with Gasteiger partial charge in [-0.3, -0.25) is 0 Å². The van der Waals surface area contributed by atoms with Gasteiger partial charge in [0.15, 0.2) is 0 Å². The maximum atomic E-state index is 6.03. The molecule has 1 aromatic heterocycles. The fourth-order valence-electron chi connectivity index (χ4n) is 1.37. The van der Waals surface area contributed by atoms with Crippen LogP contribution < -0.4 is 11.5 Å². The topological polar surface area (TPSA) is 69.3 Å². The number of aliphatic imine (C=N–C) groups is 1. The van der Waals surface area contributed by atoms with Gasteiger partial charge in [-0.2, -0.15) is 0 Å². The minimum absolute atomic E-state index is 0.0255. The Kier molecular flexibility index (Phi) is 3.42. The molecule has 0 saturated carbocycles. The summed E-state index contributed by atoms with van der Waals surface area (Å²) >= 11 is 0. The molecule has 0 aliphatic heterocycles. The molecule has 0 fully saturated rings. The Morgan fingerprint density at radius 1 is 1.44 bits per heavy atom. The van der Waals surface area contributed by atoms with Crippen molar-refractivity contribution in [3.8, 4) is 0 Å². The molecular weight excluding hydrogens is 200 g/mol. The summed E-state index contributed by atoms with van der Waals surface area (Å²) in [6, 6.07) is 1.94. The molecule has 1 heterocycles. The molecule has 0 aliphatic carbocycles. The highest BCUT2D eigenvalue weighted by Gasteiger charge is 2.16. The Bertz CT molecular complexity index is 419. The van der Waals surface area contributed by atoms with Gasteiger partial charge in [0.2, 0.25) is 0 Å². The summed E-state index contributed by atoms with van der Waals surface area (Å²) in [6.07, 6.45) is 5.39. The van der Waals surface area contributed by atoms with Crippen LogP contribution in [0.2, 0.25) is 0 Å². The van der Waals surface area contributed by atoms with Crippen LogP contribution in [0.25, 0.3) is 0 Å². The first-order valence-electron chi connectivity index (χ1n) is 5.29. The quantitative estimate of drug-likeness (QED) is 0.749. The van der Waals surface area contributed by atoms with E-state index < -0.39 is 0 Å². The number of rotatable bonds is 2. The van der Waals surface area contributed by atoms with Crippen molar-refractivity contribution < 1.29 is 0 Å². The second kappa shape index (κ2) is 4.43. The summed E-state index contributed by atoms with van der Waals surface area (Å²) in [5.41, 5.74) is 12.5. The van der Waals surface area contributed by atoms with E-state index in [4.69, 9.17) is 11.5 Å². The van der Waals surface area contributed by atoms with Crippen molar-refractivity contribution >= 4 is 12.0 Å². The number of allylic oxidation sites excluding steroid dienone is 1. The van der Waals surface area contributed by atoms with E-state index in [1.807, 2.05) is 23.8 Å². The van der Waals surface area contributed by atoms with E-state index in [1.54, 1.807) is 12.3 Å². The number of hydrogen-bond donors (Lipinski definition) is 2. The van der Waals surface area contributed by atoms with Crippen LogP contribution >= 0.6 is 0 Å². The number of nitrogens with two attached hydrogens (primary N) is 2. The zero-order chi connectivity index (χ0) is 12.3. The van der Waals surface area contributed by atoms with Crippen molar-refractivity contribution in [2.45, 2.75) is 33.2 Å². The molecule has 0 radical (unpaired) electrons. The van der Waals surface area contributed by atoms with Crippen LogP contribution in [0.4, 0.5) is 5.82 Å². The van der Waals surface area contributed by atoms with Crippen molar-refractivity contribution in [3.63, 3.8) is 0 Å². The molecular formula is C12H20N4. The zero-order valence-electron chi connectivity index (χ0n) is 10.4. The molecule has 0 aromatic carbocycles. The average molecular weight is 220 g/mol. The first-order chi connectivity index (χ1) is 7.36. The van der Waals surface area contributed by atoms with E-state index in [1.165, 1.54) is 0 Å². The molecule has 0 atom stereocenters. The third-order valence-electron chi connectivity index (χ3n) is 2.33. The largest absolute Gasteiger partial charge is 0.385 e. The molecule has 0 saturated heterocycles. The highest BCUT2D eigenvalue weighted by atomic mass is 15.1. The first kappa shape index (κ1) is 12.4.